The molecule has 0 fully saturated rings. The lowest BCUT2D eigenvalue weighted by molar-refractivity contribution is 0.0945. The minimum Gasteiger partial charge on any atom is -0.483 e. The molecule has 1 amide bonds. The van der Waals surface area contributed by atoms with Gasteiger partial charge in [-0.3, -0.25) is 19.3 Å². The van der Waals surface area contributed by atoms with E-state index in [9.17, 15) is 27.6 Å². The number of likely N-dealkylation sites (N-methyl/N-ethyl adjacent to an activating group) is 1. The molecule has 1 aliphatic rings. The summed E-state index contributed by atoms with van der Waals surface area (Å²) in [5.41, 5.74) is -1.05. The minimum atomic E-state index is -1.17. The van der Waals surface area contributed by atoms with Crippen molar-refractivity contribution in [1.82, 2.24) is 14.8 Å². The number of nitrogens with one attached hydrogen (secondary N) is 1. The molecule has 2 atom stereocenters. The van der Waals surface area contributed by atoms with Crippen LogP contribution in [0.2, 0.25) is 0 Å². The highest BCUT2D eigenvalue weighted by atomic mass is 19.1. The van der Waals surface area contributed by atoms with Gasteiger partial charge in [-0.2, -0.15) is 0 Å². The van der Waals surface area contributed by atoms with Gasteiger partial charge >= 0.3 is 0 Å². The van der Waals surface area contributed by atoms with Crippen molar-refractivity contribution in [2.75, 3.05) is 13.6 Å². The molecule has 4 rings (SSSR count). The van der Waals surface area contributed by atoms with Crippen molar-refractivity contribution in [1.29, 1.82) is 0 Å². The molecule has 1 N–H and O–H groups in total. The maximum atomic E-state index is 14.1. The molecule has 7 nitrogen and oxygen atoms in total. The zero-order chi connectivity index (χ0) is 28.1. The van der Waals surface area contributed by atoms with E-state index in [-0.39, 0.29) is 35.7 Å². The summed E-state index contributed by atoms with van der Waals surface area (Å²) in [5, 5.41) is 2.33. The van der Waals surface area contributed by atoms with Crippen LogP contribution in [0.15, 0.2) is 65.6 Å². The summed E-state index contributed by atoms with van der Waals surface area (Å²) < 4.78 is 48.9. The quantitative estimate of drug-likeness (QED) is 0.339. The second kappa shape index (κ2) is 12.1. The number of hydrogen-bond donors (Lipinski definition) is 1. The number of hydrogen-bond acceptors (Lipinski definition) is 5. The molecule has 2 unspecified atom stereocenters. The highest BCUT2D eigenvalue weighted by Gasteiger charge is 2.27. The van der Waals surface area contributed by atoms with E-state index in [1.54, 1.807) is 28.8 Å². The third kappa shape index (κ3) is 6.28. The van der Waals surface area contributed by atoms with Crippen molar-refractivity contribution in [2.24, 2.45) is 0 Å². The lowest BCUT2D eigenvalue weighted by Gasteiger charge is -2.28. The van der Waals surface area contributed by atoms with E-state index in [1.807, 2.05) is 32.2 Å². The topological polar surface area (TPSA) is 80.6 Å². The number of aromatic nitrogens is 1. The Bertz CT molecular complexity index is 1430. The zero-order valence-corrected chi connectivity index (χ0v) is 21.5. The first-order chi connectivity index (χ1) is 18.7. The Morgan fingerprint density at radius 2 is 1.85 bits per heavy atom. The second-order valence-electron chi connectivity index (χ2n) is 9.41. The number of halogens is 3. The van der Waals surface area contributed by atoms with Gasteiger partial charge in [0, 0.05) is 43.0 Å². The van der Waals surface area contributed by atoms with Crippen LogP contribution >= 0.6 is 0 Å². The normalized spacial score (nSPS) is 17.5. The van der Waals surface area contributed by atoms with Gasteiger partial charge in [-0.25, -0.2) is 13.2 Å². The average molecular weight is 540 g/mol. The monoisotopic (exact) mass is 539 g/mol. The fourth-order valence-corrected chi connectivity index (χ4v) is 4.43. The van der Waals surface area contributed by atoms with Crippen LogP contribution in [0.4, 0.5) is 13.2 Å². The Kier molecular flexibility index (Phi) is 8.65. The van der Waals surface area contributed by atoms with Gasteiger partial charge in [-0.15, -0.1) is 0 Å². The van der Waals surface area contributed by atoms with E-state index in [1.165, 1.54) is 6.20 Å². The molecule has 204 valence electrons. The molecular formula is C29H28F3N3O4. The van der Waals surface area contributed by atoms with Crippen molar-refractivity contribution in [2.45, 2.75) is 38.6 Å². The molecule has 10 heteroatoms. The molecule has 1 aliphatic heterocycles. The van der Waals surface area contributed by atoms with Gasteiger partial charge in [0.25, 0.3) is 5.91 Å². The highest BCUT2D eigenvalue weighted by Crippen LogP contribution is 2.25. The summed E-state index contributed by atoms with van der Waals surface area (Å²) >= 11 is 0. The predicted octanol–water partition coefficient (Wildman–Crippen LogP) is 4.41. The summed E-state index contributed by atoms with van der Waals surface area (Å²) in [7, 11) is 1.92. The van der Waals surface area contributed by atoms with Gasteiger partial charge < -0.3 is 14.6 Å². The molecule has 3 aromatic rings. The Morgan fingerprint density at radius 1 is 1.15 bits per heavy atom. The van der Waals surface area contributed by atoms with Gasteiger partial charge in [0.2, 0.25) is 5.43 Å². The Morgan fingerprint density at radius 3 is 2.51 bits per heavy atom. The number of ether oxygens (including phenoxy) is 1. The van der Waals surface area contributed by atoms with Crippen LogP contribution in [0.3, 0.4) is 0 Å². The standard InChI is InChI=1S/C29H28F3N3O4/c1-18-7-6-10-21(14-34(18)2)35-15-23(29(38)33-13-22-24(31)11-20(30)12-25(22)32)27(37)28(26(35)16-36)39-17-19-8-4-3-5-9-19/h3-9,11-12,15-16,18,21H,10,13-14,17H2,1-2H3,(H,33,38). The third-order valence-corrected chi connectivity index (χ3v) is 6.75. The number of pyridine rings is 1. The van der Waals surface area contributed by atoms with Crippen LogP contribution in [-0.2, 0) is 13.2 Å². The lowest BCUT2D eigenvalue weighted by atomic mass is 10.1. The first-order valence-electron chi connectivity index (χ1n) is 12.4. The molecule has 2 aromatic carbocycles. The fraction of sp³-hybridized carbons (Fsp3) is 0.276. The Labute approximate surface area is 223 Å². The third-order valence-electron chi connectivity index (χ3n) is 6.75. The van der Waals surface area contributed by atoms with Gasteiger partial charge in [-0.1, -0.05) is 42.5 Å². The van der Waals surface area contributed by atoms with E-state index in [4.69, 9.17) is 4.74 Å². The van der Waals surface area contributed by atoms with E-state index in [0.717, 1.165) is 5.56 Å². The summed E-state index contributed by atoms with van der Waals surface area (Å²) in [4.78, 5) is 41.0. The molecule has 0 saturated heterocycles. The highest BCUT2D eigenvalue weighted by molar-refractivity contribution is 5.95. The number of carbonyl (C=O) groups is 2. The molecule has 0 saturated carbocycles. The van der Waals surface area contributed by atoms with Crippen molar-refractivity contribution in [3.05, 3.63) is 111 Å². The zero-order valence-electron chi connectivity index (χ0n) is 21.5. The Balaban J connectivity index is 1.74. The maximum Gasteiger partial charge on any atom is 0.257 e. The van der Waals surface area contributed by atoms with Gasteiger partial charge in [0.1, 0.15) is 35.3 Å². The minimum absolute atomic E-state index is 0.0237. The molecule has 39 heavy (non-hydrogen) atoms. The summed E-state index contributed by atoms with van der Waals surface area (Å²) in [6, 6.07) is 9.80. The molecule has 0 radical (unpaired) electrons. The number of benzene rings is 2. The smallest absolute Gasteiger partial charge is 0.257 e. The maximum absolute atomic E-state index is 14.1. The number of allylic oxidation sites excluding steroid dienone is 1. The van der Waals surface area contributed by atoms with Crippen molar-refractivity contribution >= 4 is 12.2 Å². The van der Waals surface area contributed by atoms with Crippen LogP contribution in [0, 0.1) is 17.5 Å². The van der Waals surface area contributed by atoms with Crippen molar-refractivity contribution in [3.63, 3.8) is 0 Å². The number of rotatable bonds is 8. The molecule has 0 bridgehead atoms. The summed E-state index contributed by atoms with van der Waals surface area (Å²) in [6.07, 6.45) is 6.30. The van der Waals surface area contributed by atoms with Crippen LogP contribution < -0.4 is 15.5 Å². The number of carbonyl (C=O) groups excluding carboxylic acids is 2. The molecule has 1 aromatic heterocycles. The largest absolute Gasteiger partial charge is 0.483 e. The van der Waals surface area contributed by atoms with Crippen LogP contribution in [0.5, 0.6) is 5.75 Å². The molecular weight excluding hydrogens is 511 g/mol. The van der Waals surface area contributed by atoms with Crippen LogP contribution in [-0.4, -0.2) is 41.3 Å². The van der Waals surface area contributed by atoms with E-state index in [0.29, 0.717) is 31.4 Å². The van der Waals surface area contributed by atoms with Gasteiger partial charge in [0.05, 0.1) is 6.04 Å². The van der Waals surface area contributed by atoms with E-state index in [2.05, 4.69) is 10.2 Å². The van der Waals surface area contributed by atoms with E-state index >= 15 is 0 Å². The molecule has 0 spiro atoms. The van der Waals surface area contributed by atoms with Crippen molar-refractivity contribution < 1.29 is 27.5 Å². The number of nitrogens with zero attached hydrogens (tertiary/aromatic N) is 2. The average Bonchev–Trinajstić information content (AvgIpc) is 3.07. The Hall–Kier alpha value is -4.18. The van der Waals surface area contributed by atoms with Gasteiger partial charge in [0.15, 0.2) is 12.0 Å². The SMILES string of the molecule is CC1C=CCC(n2cc(C(=O)NCc3c(F)cc(F)cc3F)c(=O)c(OCc3ccccc3)c2C=O)CN1C. The number of amides is 1. The summed E-state index contributed by atoms with van der Waals surface area (Å²) in [6.45, 7) is 1.86. The first kappa shape index (κ1) is 27.8. The van der Waals surface area contributed by atoms with Crippen LogP contribution in [0.1, 0.15) is 51.4 Å². The summed E-state index contributed by atoms with van der Waals surface area (Å²) in [5.74, 6) is -4.66. The first-order valence-corrected chi connectivity index (χ1v) is 12.4. The molecule has 0 aliphatic carbocycles. The lowest BCUT2D eigenvalue weighted by Crippen LogP contribution is -2.35. The van der Waals surface area contributed by atoms with Crippen LogP contribution in [0.25, 0.3) is 0 Å². The predicted molar refractivity (Wildman–Crippen MR) is 139 cm³/mol. The molecule has 2 heterocycles. The van der Waals surface area contributed by atoms with Crippen molar-refractivity contribution in [3.8, 4) is 5.75 Å². The fourth-order valence-electron chi connectivity index (χ4n) is 4.43. The van der Waals surface area contributed by atoms with E-state index < -0.39 is 40.9 Å². The number of aldehydes is 1. The second-order valence-corrected chi connectivity index (χ2v) is 9.41. The van der Waals surface area contributed by atoms with Gasteiger partial charge in [-0.05, 0) is 26.0 Å².